The first-order chi connectivity index (χ1) is 6.59. The summed E-state index contributed by atoms with van der Waals surface area (Å²) in [7, 11) is 0. The SMILES string of the molecule is CC(Cl)CNC(=O)c1cncc(Br)c1. The standard InChI is InChI=1S/C9H10BrClN2O/c1-6(11)3-13-9(14)7-2-8(10)5-12-4-7/h2,4-6H,3H2,1H3,(H,13,14). The molecule has 1 heterocycles. The molecule has 0 spiro atoms. The first-order valence-corrected chi connectivity index (χ1v) is 5.35. The lowest BCUT2D eigenvalue weighted by molar-refractivity contribution is 0.0953. The van der Waals surface area contributed by atoms with Crippen LogP contribution in [0.4, 0.5) is 0 Å². The van der Waals surface area contributed by atoms with Crippen LogP contribution in [0.5, 0.6) is 0 Å². The van der Waals surface area contributed by atoms with E-state index >= 15 is 0 Å². The Morgan fingerprint density at radius 3 is 3.00 bits per heavy atom. The van der Waals surface area contributed by atoms with E-state index in [0.29, 0.717) is 12.1 Å². The van der Waals surface area contributed by atoms with Crippen LogP contribution in [0.2, 0.25) is 0 Å². The number of rotatable bonds is 3. The van der Waals surface area contributed by atoms with Gasteiger partial charge in [-0.05, 0) is 28.9 Å². The van der Waals surface area contributed by atoms with Gasteiger partial charge in [0.2, 0.25) is 0 Å². The molecule has 0 saturated carbocycles. The minimum atomic E-state index is -0.161. The van der Waals surface area contributed by atoms with Gasteiger partial charge < -0.3 is 5.32 Å². The van der Waals surface area contributed by atoms with Crippen LogP contribution in [0, 0.1) is 0 Å². The van der Waals surface area contributed by atoms with E-state index in [9.17, 15) is 4.79 Å². The van der Waals surface area contributed by atoms with Gasteiger partial charge in [-0.1, -0.05) is 0 Å². The van der Waals surface area contributed by atoms with Crippen LogP contribution in [0.25, 0.3) is 0 Å². The number of nitrogens with one attached hydrogen (secondary N) is 1. The highest BCUT2D eigenvalue weighted by Gasteiger charge is 2.06. The van der Waals surface area contributed by atoms with Crippen molar-refractivity contribution in [3.8, 4) is 0 Å². The third-order valence-electron chi connectivity index (χ3n) is 1.51. The first kappa shape index (κ1) is 11.5. The highest BCUT2D eigenvalue weighted by Crippen LogP contribution is 2.09. The number of halogens is 2. The van der Waals surface area contributed by atoms with Crippen molar-refractivity contribution >= 4 is 33.4 Å². The lowest BCUT2D eigenvalue weighted by atomic mass is 10.2. The lowest BCUT2D eigenvalue weighted by Gasteiger charge is -2.05. The molecular formula is C9H10BrClN2O. The summed E-state index contributed by atoms with van der Waals surface area (Å²) in [5.41, 5.74) is 0.525. The minimum absolute atomic E-state index is 0.0703. The second-order valence-electron chi connectivity index (χ2n) is 2.88. The van der Waals surface area contributed by atoms with Crippen molar-refractivity contribution in [3.63, 3.8) is 0 Å². The van der Waals surface area contributed by atoms with Crippen molar-refractivity contribution in [1.82, 2.24) is 10.3 Å². The van der Waals surface area contributed by atoms with Gasteiger partial charge in [0.05, 0.1) is 5.56 Å². The van der Waals surface area contributed by atoms with E-state index in [-0.39, 0.29) is 11.3 Å². The molecule has 1 atom stereocenters. The fourth-order valence-electron chi connectivity index (χ4n) is 0.871. The lowest BCUT2D eigenvalue weighted by Crippen LogP contribution is -2.28. The molecule has 76 valence electrons. The molecule has 0 aromatic carbocycles. The van der Waals surface area contributed by atoms with Gasteiger partial charge in [0.25, 0.3) is 5.91 Å². The van der Waals surface area contributed by atoms with E-state index in [4.69, 9.17) is 11.6 Å². The zero-order valence-corrected chi connectivity index (χ0v) is 9.97. The van der Waals surface area contributed by atoms with Crippen LogP contribution in [-0.4, -0.2) is 22.8 Å². The summed E-state index contributed by atoms with van der Waals surface area (Å²) in [6, 6.07) is 1.71. The van der Waals surface area contributed by atoms with Gasteiger partial charge in [0.15, 0.2) is 0 Å². The Labute approximate surface area is 96.0 Å². The second kappa shape index (κ2) is 5.32. The highest BCUT2D eigenvalue weighted by atomic mass is 79.9. The summed E-state index contributed by atoms with van der Waals surface area (Å²) in [5, 5.41) is 2.62. The van der Waals surface area contributed by atoms with E-state index in [1.54, 1.807) is 12.3 Å². The van der Waals surface area contributed by atoms with E-state index in [2.05, 4.69) is 26.2 Å². The summed E-state index contributed by atoms with van der Waals surface area (Å²) in [5.74, 6) is -0.161. The van der Waals surface area contributed by atoms with E-state index in [1.165, 1.54) is 6.20 Å². The van der Waals surface area contributed by atoms with Crippen LogP contribution in [0.15, 0.2) is 22.9 Å². The van der Waals surface area contributed by atoms with Crippen LogP contribution in [0.1, 0.15) is 17.3 Å². The molecule has 1 aromatic heterocycles. The Kier molecular flexibility index (Phi) is 4.35. The van der Waals surface area contributed by atoms with Crippen LogP contribution >= 0.6 is 27.5 Å². The van der Waals surface area contributed by atoms with Crippen LogP contribution in [0.3, 0.4) is 0 Å². The summed E-state index contributed by atoms with van der Waals surface area (Å²) in [4.78, 5) is 15.4. The van der Waals surface area contributed by atoms with Gasteiger partial charge in [-0.3, -0.25) is 9.78 Å². The number of carbonyl (C=O) groups excluding carboxylic acids is 1. The predicted molar refractivity (Wildman–Crippen MR) is 59.6 cm³/mol. The Hall–Kier alpha value is -0.610. The van der Waals surface area contributed by atoms with Gasteiger partial charge in [0, 0.05) is 28.8 Å². The third-order valence-corrected chi connectivity index (χ3v) is 2.10. The molecule has 3 nitrogen and oxygen atoms in total. The molecule has 0 saturated heterocycles. The summed E-state index contributed by atoms with van der Waals surface area (Å²) >= 11 is 8.94. The van der Waals surface area contributed by atoms with Crippen LogP contribution < -0.4 is 5.32 Å². The molecule has 0 bridgehead atoms. The second-order valence-corrected chi connectivity index (χ2v) is 4.54. The van der Waals surface area contributed by atoms with Gasteiger partial charge in [0.1, 0.15) is 0 Å². The Bertz CT molecular complexity index is 330. The number of alkyl halides is 1. The molecule has 0 aliphatic carbocycles. The fraction of sp³-hybridized carbons (Fsp3) is 0.333. The molecule has 14 heavy (non-hydrogen) atoms. The maximum atomic E-state index is 11.5. The maximum Gasteiger partial charge on any atom is 0.252 e. The van der Waals surface area contributed by atoms with Gasteiger partial charge in [-0.15, -0.1) is 11.6 Å². The number of nitrogens with zero attached hydrogens (tertiary/aromatic N) is 1. The predicted octanol–water partition coefficient (Wildman–Crippen LogP) is 2.20. The average molecular weight is 278 g/mol. The summed E-state index contributed by atoms with van der Waals surface area (Å²) in [6.07, 6.45) is 3.14. The molecule has 0 aliphatic rings. The molecule has 5 heteroatoms. The first-order valence-electron chi connectivity index (χ1n) is 4.12. The van der Waals surface area contributed by atoms with E-state index in [0.717, 1.165) is 4.47 Å². The minimum Gasteiger partial charge on any atom is -0.351 e. The molecule has 1 N–H and O–H groups in total. The topological polar surface area (TPSA) is 42.0 Å². The Morgan fingerprint density at radius 2 is 2.43 bits per heavy atom. The van der Waals surface area contributed by atoms with Crippen molar-refractivity contribution in [3.05, 3.63) is 28.5 Å². The van der Waals surface area contributed by atoms with Crippen molar-refractivity contribution < 1.29 is 4.79 Å². The summed E-state index contributed by atoms with van der Waals surface area (Å²) in [6.45, 7) is 2.27. The van der Waals surface area contributed by atoms with Crippen molar-refractivity contribution in [2.24, 2.45) is 0 Å². The Balaban J connectivity index is 2.61. The monoisotopic (exact) mass is 276 g/mol. The number of carbonyl (C=O) groups is 1. The average Bonchev–Trinajstić information content (AvgIpc) is 2.14. The van der Waals surface area contributed by atoms with Gasteiger partial charge in [-0.25, -0.2) is 0 Å². The fourth-order valence-corrected chi connectivity index (χ4v) is 1.31. The summed E-state index contributed by atoms with van der Waals surface area (Å²) < 4.78 is 0.782. The molecule has 0 radical (unpaired) electrons. The molecule has 0 fully saturated rings. The molecule has 1 unspecified atom stereocenters. The molecule has 0 aliphatic heterocycles. The van der Waals surface area contributed by atoms with Crippen molar-refractivity contribution in [2.45, 2.75) is 12.3 Å². The van der Waals surface area contributed by atoms with Crippen LogP contribution in [-0.2, 0) is 0 Å². The normalized spacial score (nSPS) is 12.2. The number of hydrogen-bond acceptors (Lipinski definition) is 2. The molecule has 1 aromatic rings. The van der Waals surface area contributed by atoms with Crippen molar-refractivity contribution in [1.29, 1.82) is 0 Å². The van der Waals surface area contributed by atoms with Crippen molar-refractivity contribution in [2.75, 3.05) is 6.54 Å². The maximum absolute atomic E-state index is 11.5. The number of hydrogen-bond donors (Lipinski definition) is 1. The quantitative estimate of drug-likeness (QED) is 0.861. The zero-order chi connectivity index (χ0) is 10.6. The number of amides is 1. The smallest absolute Gasteiger partial charge is 0.252 e. The largest absolute Gasteiger partial charge is 0.351 e. The number of aromatic nitrogens is 1. The molecule has 1 rings (SSSR count). The Morgan fingerprint density at radius 1 is 1.71 bits per heavy atom. The molecular weight excluding hydrogens is 267 g/mol. The van der Waals surface area contributed by atoms with E-state index < -0.39 is 0 Å². The molecule has 1 amide bonds. The third kappa shape index (κ3) is 3.64. The van der Waals surface area contributed by atoms with E-state index in [1.807, 2.05) is 6.92 Å². The zero-order valence-electron chi connectivity index (χ0n) is 7.63. The van der Waals surface area contributed by atoms with Gasteiger partial charge in [-0.2, -0.15) is 0 Å². The highest BCUT2D eigenvalue weighted by molar-refractivity contribution is 9.10. The van der Waals surface area contributed by atoms with Gasteiger partial charge >= 0.3 is 0 Å². The number of pyridine rings is 1.